The van der Waals surface area contributed by atoms with Crippen LogP contribution in [0.15, 0.2) is 18.2 Å². The summed E-state index contributed by atoms with van der Waals surface area (Å²) >= 11 is 0. The number of carbonyl (C=O) groups excluding carboxylic acids is 2. The summed E-state index contributed by atoms with van der Waals surface area (Å²) < 4.78 is 6.13. The molecule has 3 amide bonds. The minimum atomic E-state index is -0.276. The summed E-state index contributed by atoms with van der Waals surface area (Å²) in [5.74, 6) is 0.322. The van der Waals surface area contributed by atoms with Crippen LogP contribution in [-0.2, 0) is 0 Å². The molecular weight excluding hydrogens is 320 g/mol. The largest absolute Gasteiger partial charge is 0.485 e. The number of anilines is 1. The Bertz CT molecular complexity index is 647. The van der Waals surface area contributed by atoms with Gasteiger partial charge in [-0.15, -0.1) is 0 Å². The lowest BCUT2D eigenvalue weighted by molar-refractivity contribution is 0.0579. The van der Waals surface area contributed by atoms with E-state index in [4.69, 9.17) is 10.5 Å². The lowest BCUT2D eigenvalue weighted by atomic mass is 10.0. The average Bonchev–Trinajstić information content (AvgIpc) is 2.53. The number of para-hydroxylation sites is 1. The monoisotopic (exact) mass is 348 g/mol. The second-order valence-electron chi connectivity index (χ2n) is 7.03. The fraction of sp³-hybridized carbons (Fsp3) is 0.556. The average molecular weight is 348 g/mol. The van der Waals surface area contributed by atoms with Gasteiger partial charge >= 0.3 is 6.03 Å². The fourth-order valence-electron chi connectivity index (χ4n) is 2.89. The number of likely N-dealkylation sites (N-methyl/N-ethyl adjacent to an activating group) is 1. The molecule has 0 radical (unpaired) electrons. The first-order valence-corrected chi connectivity index (χ1v) is 8.53. The Labute approximate surface area is 149 Å². The summed E-state index contributed by atoms with van der Waals surface area (Å²) in [7, 11) is 3.50. The van der Waals surface area contributed by atoms with Crippen LogP contribution < -0.4 is 15.8 Å². The maximum Gasteiger partial charge on any atom is 0.317 e. The summed E-state index contributed by atoms with van der Waals surface area (Å²) in [5.41, 5.74) is 6.92. The van der Waals surface area contributed by atoms with E-state index in [1.165, 1.54) is 0 Å². The summed E-state index contributed by atoms with van der Waals surface area (Å²) in [4.78, 5) is 28.0. The number of benzene rings is 1. The van der Waals surface area contributed by atoms with Crippen LogP contribution in [-0.4, -0.2) is 61.1 Å². The van der Waals surface area contributed by atoms with E-state index in [0.717, 1.165) is 0 Å². The van der Waals surface area contributed by atoms with Crippen LogP contribution in [0.2, 0.25) is 0 Å². The van der Waals surface area contributed by atoms with Crippen molar-refractivity contribution < 1.29 is 14.3 Å². The van der Waals surface area contributed by atoms with Crippen LogP contribution in [0.5, 0.6) is 5.75 Å². The van der Waals surface area contributed by atoms with Gasteiger partial charge in [0.1, 0.15) is 6.10 Å². The molecule has 0 bridgehead atoms. The third-order valence-electron chi connectivity index (χ3n) is 4.30. The van der Waals surface area contributed by atoms with Crippen LogP contribution in [0.25, 0.3) is 0 Å². The van der Waals surface area contributed by atoms with Crippen molar-refractivity contribution in [2.75, 3.05) is 32.9 Å². The maximum absolute atomic E-state index is 12.6. The van der Waals surface area contributed by atoms with E-state index in [-0.39, 0.29) is 30.0 Å². The molecule has 25 heavy (non-hydrogen) atoms. The molecule has 3 N–H and O–H groups in total. The highest BCUT2D eigenvalue weighted by Crippen LogP contribution is 2.31. The number of hydrogen-bond acceptors (Lipinski definition) is 4. The van der Waals surface area contributed by atoms with Gasteiger partial charge in [0.15, 0.2) is 5.75 Å². The summed E-state index contributed by atoms with van der Waals surface area (Å²) in [6.07, 6.45) is -0.276. The highest BCUT2D eigenvalue weighted by Gasteiger charge is 2.31. The zero-order valence-corrected chi connectivity index (χ0v) is 15.6. The Morgan fingerprint density at radius 3 is 2.80 bits per heavy atom. The van der Waals surface area contributed by atoms with Gasteiger partial charge in [0, 0.05) is 32.6 Å². The fourth-order valence-corrected chi connectivity index (χ4v) is 2.89. The van der Waals surface area contributed by atoms with E-state index >= 15 is 0 Å². The highest BCUT2D eigenvalue weighted by molar-refractivity contribution is 5.98. The van der Waals surface area contributed by atoms with Gasteiger partial charge in [-0.3, -0.25) is 4.79 Å². The minimum Gasteiger partial charge on any atom is -0.485 e. The SMILES string of the molecule is CC(C)NC(=O)N(C)C[C@H]1Oc2c(N)cccc2C(=O)N(C)C[C@H]1C. The standard InChI is InChI=1S/C18H28N4O3/c1-11(2)20-18(24)22(5)10-15-12(3)9-21(4)17(23)13-7-6-8-14(19)16(13)25-15/h6-8,11-12,15H,9-10,19H2,1-5H3,(H,20,24)/t12-,15-/m1/s1. The van der Waals surface area contributed by atoms with E-state index in [2.05, 4.69) is 5.32 Å². The summed E-state index contributed by atoms with van der Waals surface area (Å²) in [6, 6.07) is 5.08. The number of nitrogen functional groups attached to an aromatic ring is 1. The molecule has 0 spiro atoms. The Kier molecular flexibility index (Phi) is 5.77. The molecule has 1 aliphatic heterocycles. The predicted molar refractivity (Wildman–Crippen MR) is 97.7 cm³/mol. The van der Waals surface area contributed by atoms with Gasteiger partial charge in [-0.1, -0.05) is 13.0 Å². The zero-order valence-electron chi connectivity index (χ0n) is 15.6. The molecule has 0 aromatic heterocycles. The molecule has 0 saturated carbocycles. The quantitative estimate of drug-likeness (QED) is 0.815. The second kappa shape index (κ2) is 7.63. The first kappa shape index (κ1) is 18.9. The van der Waals surface area contributed by atoms with Crippen molar-refractivity contribution in [2.45, 2.75) is 32.9 Å². The lowest BCUT2D eigenvalue weighted by Crippen LogP contribution is -2.49. The molecular formula is C18H28N4O3. The van der Waals surface area contributed by atoms with E-state index in [1.807, 2.05) is 20.8 Å². The van der Waals surface area contributed by atoms with E-state index in [9.17, 15) is 9.59 Å². The molecule has 138 valence electrons. The Hall–Kier alpha value is -2.44. The van der Waals surface area contributed by atoms with Crippen molar-refractivity contribution in [2.24, 2.45) is 5.92 Å². The molecule has 7 heteroatoms. The van der Waals surface area contributed by atoms with Gasteiger partial charge in [-0.2, -0.15) is 0 Å². The van der Waals surface area contributed by atoms with Crippen LogP contribution in [0, 0.1) is 5.92 Å². The molecule has 1 heterocycles. The van der Waals surface area contributed by atoms with Crippen molar-refractivity contribution in [3.05, 3.63) is 23.8 Å². The molecule has 1 aliphatic rings. The number of carbonyl (C=O) groups is 2. The van der Waals surface area contributed by atoms with E-state index in [1.54, 1.807) is 42.1 Å². The molecule has 1 aromatic rings. The van der Waals surface area contributed by atoms with Gasteiger partial charge in [-0.25, -0.2) is 4.79 Å². The normalized spacial score (nSPS) is 20.4. The molecule has 0 saturated heterocycles. The van der Waals surface area contributed by atoms with Gasteiger partial charge in [0.05, 0.1) is 17.8 Å². The number of nitrogens with zero attached hydrogens (tertiary/aromatic N) is 2. The number of urea groups is 1. The number of amides is 3. The van der Waals surface area contributed by atoms with Crippen molar-refractivity contribution in [1.29, 1.82) is 0 Å². The van der Waals surface area contributed by atoms with Gasteiger partial charge in [0.2, 0.25) is 0 Å². The van der Waals surface area contributed by atoms with Crippen molar-refractivity contribution in [3.63, 3.8) is 0 Å². The van der Waals surface area contributed by atoms with E-state index < -0.39 is 0 Å². The Morgan fingerprint density at radius 2 is 2.16 bits per heavy atom. The van der Waals surface area contributed by atoms with Crippen LogP contribution in [0.1, 0.15) is 31.1 Å². The summed E-state index contributed by atoms with van der Waals surface area (Å²) in [6.45, 7) is 6.77. The van der Waals surface area contributed by atoms with Crippen LogP contribution in [0.3, 0.4) is 0 Å². The first-order valence-electron chi connectivity index (χ1n) is 8.53. The number of nitrogens with two attached hydrogens (primary N) is 1. The number of rotatable bonds is 3. The molecule has 7 nitrogen and oxygen atoms in total. The topological polar surface area (TPSA) is 87.9 Å². The van der Waals surface area contributed by atoms with Crippen molar-refractivity contribution >= 4 is 17.6 Å². The predicted octanol–water partition coefficient (Wildman–Crippen LogP) is 1.79. The summed E-state index contributed by atoms with van der Waals surface area (Å²) in [5, 5.41) is 2.86. The smallest absolute Gasteiger partial charge is 0.317 e. The second-order valence-corrected chi connectivity index (χ2v) is 7.03. The van der Waals surface area contributed by atoms with Crippen LogP contribution in [0.4, 0.5) is 10.5 Å². The Morgan fingerprint density at radius 1 is 1.48 bits per heavy atom. The van der Waals surface area contributed by atoms with Crippen molar-refractivity contribution in [3.8, 4) is 5.75 Å². The number of hydrogen-bond donors (Lipinski definition) is 2. The molecule has 1 aromatic carbocycles. The van der Waals surface area contributed by atoms with Crippen LogP contribution >= 0.6 is 0 Å². The van der Waals surface area contributed by atoms with Gasteiger partial charge in [0.25, 0.3) is 5.91 Å². The van der Waals surface area contributed by atoms with Gasteiger partial charge in [-0.05, 0) is 26.0 Å². The molecule has 2 rings (SSSR count). The Balaban J connectivity index is 2.27. The molecule has 0 fully saturated rings. The highest BCUT2D eigenvalue weighted by atomic mass is 16.5. The number of ether oxygens (including phenoxy) is 1. The number of nitrogens with one attached hydrogen (secondary N) is 1. The molecule has 0 unspecified atom stereocenters. The van der Waals surface area contributed by atoms with Crippen molar-refractivity contribution in [1.82, 2.24) is 15.1 Å². The first-order chi connectivity index (χ1) is 11.7. The molecule has 2 atom stereocenters. The number of fused-ring (bicyclic) bond motifs is 1. The lowest BCUT2D eigenvalue weighted by Gasteiger charge is -2.35. The van der Waals surface area contributed by atoms with E-state index in [0.29, 0.717) is 30.1 Å². The third kappa shape index (κ3) is 4.35. The zero-order chi connectivity index (χ0) is 18.7. The van der Waals surface area contributed by atoms with Gasteiger partial charge < -0.3 is 25.6 Å². The maximum atomic E-state index is 12.6. The third-order valence-corrected chi connectivity index (χ3v) is 4.30. The molecule has 0 aliphatic carbocycles. The minimum absolute atomic E-state index is 0.0380.